The minimum absolute atomic E-state index is 0. The molecule has 0 fully saturated rings. The predicted molar refractivity (Wildman–Crippen MR) is 99.9 cm³/mol. The van der Waals surface area contributed by atoms with E-state index in [0.717, 1.165) is 11.3 Å². The Balaban J connectivity index is 0.00000225. The number of nitrogens with one attached hydrogen (secondary N) is 1. The quantitative estimate of drug-likeness (QED) is 0.645. The molecule has 0 bridgehead atoms. The number of hydrogen-bond acceptors (Lipinski definition) is 5. The molecule has 1 aliphatic rings. The molecule has 0 saturated heterocycles. The molecule has 6 nitrogen and oxygen atoms in total. The van der Waals surface area contributed by atoms with Crippen LogP contribution in [0.5, 0.6) is 5.75 Å². The zero-order valence-corrected chi connectivity index (χ0v) is 14.9. The average Bonchev–Trinajstić information content (AvgIpc) is 2.81. The number of amides is 1. The Hall–Kier alpha value is -2.22. The fourth-order valence-corrected chi connectivity index (χ4v) is 2.87. The number of fused-ring (bicyclic) bond motifs is 1. The van der Waals surface area contributed by atoms with Crippen LogP contribution in [0, 0.1) is 0 Å². The number of rotatable bonds is 4. The highest BCUT2D eigenvalue weighted by Gasteiger charge is 2.25. The number of carbonyl (C=O) groups excluding carboxylic acids is 1. The maximum atomic E-state index is 11.6. The Morgan fingerprint density at radius 1 is 1.32 bits per heavy atom. The van der Waals surface area contributed by atoms with Crippen molar-refractivity contribution >= 4 is 25.1 Å². The Morgan fingerprint density at radius 3 is 2.76 bits per heavy atom. The minimum atomic E-state index is -0.556. The van der Waals surface area contributed by atoms with Gasteiger partial charge in [0, 0.05) is 30.5 Å². The van der Waals surface area contributed by atoms with Gasteiger partial charge in [0.15, 0.2) is 0 Å². The summed E-state index contributed by atoms with van der Waals surface area (Å²) in [6.45, 7) is 1.63. The van der Waals surface area contributed by atoms with Gasteiger partial charge in [-0.25, -0.2) is 5.48 Å². The van der Waals surface area contributed by atoms with Crippen molar-refractivity contribution < 1.29 is 19.5 Å². The smallest absolute Gasteiger partial charge is 0.274 e. The molecular formula is C18H22N2O4S. The van der Waals surface area contributed by atoms with Gasteiger partial charge in [0.05, 0.1) is 12.6 Å². The molecule has 0 unspecified atom stereocenters. The van der Waals surface area contributed by atoms with Crippen LogP contribution in [0.2, 0.25) is 0 Å². The summed E-state index contributed by atoms with van der Waals surface area (Å²) in [4.78, 5) is 13.8. The van der Waals surface area contributed by atoms with Gasteiger partial charge >= 0.3 is 0 Å². The summed E-state index contributed by atoms with van der Waals surface area (Å²) in [7, 11) is 1.67. The first-order valence-electron chi connectivity index (χ1n) is 7.73. The Morgan fingerprint density at radius 2 is 2.08 bits per heavy atom. The van der Waals surface area contributed by atoms with Gasteiger partial charge in [-0.3, -0.25) is 10.0 Å². The zero-order chi connectivity index (χ0) is 16.9. The molecule has 1 amide bonds. The van der Waals surface area contributed by atoms with Crippen molar-refractivity contribution in [1.82, 2.24) is 5.48 Å². The van der Waals surface area contributed by atoms with E-state index in [1.165, 1.54) is 0 Å². The summed E-state index contributed by atoms with van der Waals surface area (Å²) in [6, 6.07) is 15.3. The van der Waals surface area contributed by atoms with Gasteiger partial charge in [-0.1, -0.05) is 24.3 Å². The maximum Gasteiger partial charge on any atom is 0.274 e. The Kier molecular flexibility index (Phi) is 6.69. The van der Waals surface area contributed by atoms with E-state index in [1.54, 1.807) is 24.7 Å². The highest BCUT2D eigenvalue weighted by Crippen LogP contribution is 2.29. The van der Waals surface area contributed by atoms with Crippen LogP contribution in [0.1, 0.15) is 15.9 Å². The molecule has 3 rings (SSSR count). The maximum absolute atomic E-state index is 11.6. The lowest BCUT2D eigenvalue weighted by Gasteiger charge is -2.30. The van der Waals surface area contributed by atoms with Crippen molar-refractivity contribution in [3.05, 3.63) is 59.7 Å². The van der Waals surface area contributed by atoms with Crippen LogP contribution >= 0.6 is 13.5 Å². The Bertz CT molecular complexity index is 711. The monoisotopic (exact) mass is 362 g/mol. The molecule has 2 N–H and O–H groups in total. The molecule has 1 heterocycles. The van der Waals surface area contributed by atoms with Crippen LogP contribution < -0.4 is 15.1 Å². The predicted octanol–water partition coefficient (Wildman–Crippen LogP) is 2.33. The third-order valence-corrected chi connectivity index (χ3v) is 4.09. The lowest BCUT2D eigenvalue weighted by atomic mass is 10.1. The molecule has 1 atom stereocenters. The molecule has 134 valence electrons. The second-order valence-corrected chi connectivity index (χ2v) is 5.65. The number of benzene rings is 2. The normalized spacial score (nSPS) is 16.1. The standard InChI is InChI=1S/C18H20N2O4.H2S/c1-23-11-16-12-24-17-9-13(18(21)19-22)7-8-14(17)10-20(16)15-5-3-2-4-6-15;/h2-9,16,22H,10-12H2,1H3,(H,19,21);1H2/t16-;/m0./s1. The molecule has 1 aliphatic heterocycles. The van der Waals surface area contributed by atoms with Gasteiger partial charge in [-0.05, 0) is 24.3 Å². The first-order valence-corrected chi connectivity index (χ1v) is 7.73. The summed E-state index contributed by atoms with van der Waals surface area (Å²) in [5.74, 6) is 0.0923. The molecule has 0 aliphatic carbocycles. The van der Waals surface area contributed by atoms with Crippen LogP contribution in [-0.2, 0) is 11.3 Å². The largest absolute Gasteiger partial charge is 0.491 e. The molecule has 7 heteroatoms. The van der Waals surface area contributed by atoms with Crippen molar-refractivity contribution in [3.63, 3.8) is 0 Å². The van der Waals surface area contributed by atoms with Gasteiger partial charge in [0.1, 0.15) is 12.4 Å². The number of ether oxygens (including phenoxy) is 2. The lowest BCUT2D eigenvalue weighted by Crippen LogP contribution is -2.40. The van der Waals surface area contributed by atoms with Crippen LogP contribution in [-0.4, -0.2) is 37.5 Å². The van der Waals surface area contributed by atoms with E-state index in [2.05, 4.69) is 17.0 Å². The fraction of sp³-hybridized carbons (Fsp3) is 0.278. The van der Waals surface area contributed by atoms with E-state index in [1.807, 2.05) is 24.3 Å². The summed E-state index contributed by atoms with van der Waals surface area (Å²) >= 11 is 0. The van der Waals surface area contributed by atoms with E-state index in [9.17, 15) is 4.79 Å². The van der Waals surface area contributed by atoms with Crippen molar-refractivity contribution in [2.45, 2.75) is 12.6 Å². The van der Waals surface area contributed by atoms with Gasteiger partial charge in [0.2, 0.25) is 0 Å². The number of anilines is 1. The van der Waals surface area contributed by atoms with Crippen molar-refractivity contribution in [1.29, 1.82) is 0 Å². The van der Waals surface area contributed by atoms with E-state index in [4.69, 9.17) is 14.7 Å². The van der Waals surface area contributed by atoms with Crippen molar-refractivity contribution in [2.24, 2.45) is 0 Å². The van der Waals surface area contributed by atoms with E-state index in [0.29, 0.717) is 31.1 Å². The molecule has 0 radical (unpaired) electrons. The molecule has 0 spiro atoms. The number of hydroxylamine groups is 1. The van der Waals surface area contributed by atoms with Gasteiger partial charge in [-0.15, -0.1) is 0 Å². The molecule has 2 aromatic carbocycles. The number of hydrogen-bond donors (Lipinski definition) is 2. The molecule has 25 heavy (non-hydrogen) atoms. The van der Waals surface area contributed by atoms with E-state index < -0.39 is 5.91 Å². The summed E-state index contributed by atoms with van der Waals surface area (Å²) in [5, 5.41) is 8.79. The average molecular weight is 362 g/mol. The van der Waals surface area contributed by atoms with Crippen molar-refractivity contribution in [2.75, 3.05) is 25.2 Å². The second-order valence-electron chi connectivity index (χ2n) is 5.65. The Labute approximate surface area is 153 Å². The summed E-state index contributed by atoms with van der Waals surface area (Å²) < 4.78 is 11.3. The third-order valence-electron chi connectivity index (χ3n) is 4.09. The second kappa shape index (κ2) is 8.75. The summed E-state index contributed by atoms with van der Waals surface area (Å²) in [6.07, 6.45) is 0. The first-order chi connectivity index (χ1) is 11.7. The van der Waals surface area contributed by atoms with Crippen LogP contribution in [0.3, 0.4) is 0 Å². The fourth-order valence-electron chi connectivity index (χ4n) is 2.87. The minimum Gasteiger partial charge on any atom is -0.491 e. The molecular weight excluding hydrogens is 340 g/mol. The number of para-hydroxylation sites is 1. The van der Waals surface area contributed by atoms with Crippen LogP contribution in [0.4, 0.5) is 5.69 Å². The van der Waals surface area contributed by atoms with Crippen LogP contribution in [0.15, 0.2) is 48.5 Å². The highest BCUT2D eigenvalue weighted by atomic mass is 32.1. The van der Waals surface area contributed by atoms with Crippen LogP contribution in [0.25, 0.3) is 0 Å². The third kappa shape index (κ3) is 4.25. The van der Waals surface area contributed by atoms with Gasteiger partial charge in [0.25, 0.3) is 5.91 Å². The molecule has 2 aromatic rings. The SMILES string of the molecule is COC[C@H]1COc2cc(C(=O)NO)ccc2CN1c1ccccc1.S. The van der Waals surface area contributed by atoms with Gasteiger partial charge in [-0.2, -0.15) is 13.5 Å². The van der Waals surface area contributed by atoms with E-state index in [-0.39, 0.29) is 19.5 Å². The van der Waals surface area contributed by atoms with Gasteiger partial charge < -0.3 is 14.4 Å². The topological polar surface area (TPSA) is 71.0 Å². The van der Waals surface area contributed by atoms with E-state index >= 15 is 0 Å². The number of nitrogens with zero attached hydrogens (tertiary/aromatic N) is 1. The summed E-state index contributed by atoms with van der Waals surface area (Å²) in [5.41, 5.74) is 4.07. The number of carbonyl (C=O) groups is 1. The molecule has 0 aromatic heterocycles. The molecule has 0 saturated carbocycles. The zero-order valence-electron chi connectivity index (χ0n) is 13.9. The van der Waals surface area contributed by atoms with Crippen molar-refractivity contribution in [3.8, 4) is 5.75 Å². The first kappa shape index (κ1) is 19.1. The highest BCUT2D eigenvalue weighted by molar-refractivity contribution is 7.59. The number of methoxy groups -OCH3 is 1. The lowest BCUT2D eigenvalue weighted by molar-refractivity contribution is 0.0706.